The molecule has 292 valence electrons. The van der Waals surface area contributed by atoms with Crippen LogP contribution in [0.2, 0.25) is 0 Å². The molecule has 3 amide bonds. The number of nitrogens with one attached hydrogen (secondary N) is 2. The fourth-order valence-electron chi connectivity index (χ4n) is 7.47. The van der Waals surface area contributed by atoms with Gasteiger partial charge in [-0.05, 0) is 103 Å². The second-order valence-corrected chi connectivity index (χ2v) is 19.2. The Morgan fingerprint density at radius 1 is 1.02 bits per heavy atom. The lowest BCUT2D eigenvalue weighted by Gasteiger charge is -2.52. The average molecular weight is 768 g/mol. The van der Waals surface area contributed by atoms with E-state index in [0.717, 1.165) is 12.1 Å². The van der Waals surface area contributed by atoms with Crippen LogP contribution in [0, 0.1) is 5.82 Å². The van der Waals surface area contributed by atoms with Crippen molar-refractivity contribution in [2.45, 2.75) is 139 Å². The molecule has 0 unspecified atom stereocenters. The summed E-state index contributed by atoms with van der Waals surface area (Å²) < 4.78 is 60.4. The van der Waals surface area contributed by atoms with Gasteiger partial charge in [0.1, 0.15) is 23.2 Å². The van der Waals surface area contributed by atoms with Crippen LogP contribution in [0.5, 0.6) is 5.75 Å². The van der Waals surface area contributed by atoms with E-state index in [1.807, 2.05) is 34.6 Å². The Morgan fingerprint density at radius 2 is 1.65 bits per heavy atom. The van der Waals surface area contributed by atoms with Gasteiger partial charge in [0, 0.05) is 16.4 Å². The standard InChI is InChI=1S/C39H50FN5O8S/c1-23(2)51-25-11-9-24(10-12-25)21-45-29-19-26(27(40)20-30(29)54(49,50)22-28(32(45)47)41-35(48)52-37(6,7)8)31(46)43-39-16-13-38(14-17-39,15-18-39)33-42-34(53-44-33)36(3,4)5/h9-12,19-20,23,28H,13-18,21-22H2,1-8H3,(H,41,48)(H,43,46)/t28-,38?,39?/m0/s1. The lowest BCUT2D eigenvalue weighted by Crippen LogP contribution is -2.58. The van der Waals surface area contributed by atoms with Crippen LogP contribution in [0.3, 0.4) is 0 Å². The molecule has 15 heteroatoms. The van der Waals surface area contributed by atoms with Gasteiger partial charge in [-0.2, -0.15) is 4.98 Å². The highest BCUT2D eigenvalue weighted by Gasteiger charge is 2.53. The molecule has 2 heterocycles. The fraction of sp³-hybridized carbons (Fsp3) is 0.564. The summed E-state index contributed by atoms with van der Waals surface area (Å²) in [5.41, 5.74) is -2.07. The Kier molecular flexibility index (Phi) is 10.1. The second-order valence-electron chi connectivity index (χ2n) is 17.2. The van der Waals surface area contributed by atoms with E-state index in [0.29, 0.717) is 61.6 Å². The number of aromatic nitrogens is 2. The molecule has 1 aromatic heterocycles. The Morgan fingerprint density at radius 3 is 2.20 bits per heavy atom. The summed E-state index contributed by atoms with van der Waals surface area (Å²) >= 11 is 0. The van der Waals surface area contributed by atoms with E-state index in [1.165, 1.54) is 4.90 Å². The van der Waals surface area contributed by atoms with E-state index >= 15 is 4.39 Å². The number of alkyl carbamates (subject to hydrolysis) is 1. The number of rotatable bonds is 8. The molecule has 3 saturated carbocycles. The monoisotopic (exact) mass is 767 g/mol. The minimum atomic E-state index is -4.38. The Labute approximate surface area is 315 Å². The topological polar surface area (TPSA) is 170 Å². The number of carbonyl (C=O) groups is 3. The SMILES string of the molecule is CC(C)Oc1ccc(CN2C(=O)[C@@H](NC(=O)OC(C)(C)C)CS(=O)(=O)c3cc(F)c(C(=O)NC45CCC(c6noc(C(C)(C)C)n6)(CC4)CC5)cc32)cc1. The lowest BCUT2D eigenvalue weighted by atomic mass is 9.57. The van der Waals surface area contributed by atoms with Gasteiger partial charge in [0.2, 0.25) is 5.89 Å². The molecule has 0 radical (unpaired) electrons. The normalized spacial score (nSPS) is 23.8. The Hall–Kier alpha value is -4.53. The zero-order valence-corrected chi connectivity index (χ0v) is 33.0. The van der Waals surface area contributed by atoms with Crippen LogP contribution < -0.4 is 20.3 Å². The van der Waals surface area contributed by atoms with Crippen LogP contribution in [-0.2, 0) is 36.7 Å². The van der Waals surface area contributed by atoms with Gasteiger partial charge < -0.3 is 29.5 Å². The second kappa shape index (κ2) is 14.0. The average Bonchev–Trinajstić information content (AvgIpc) is 3.57. The van der Waals surface area contributed by atoms with Crippen LogP contribution in [0.15, 0.2) is 45.8 Å². The molecule has 0 saturated heterocycles. The molecule has 1 aliphatic heterocycles. The van der Waals surface area contributed by atoms with E-state index in [4.69, 9.17) is 19.0 Å². The van der Waals surface area contributed by atoms with Crippen molar-refractivity contribution in [1.82, 2.24) is 20.8 Å². The molecule has 4 aliphatic rings. The van der Waals surface area contributed by atoms with Crippen LogP contribution in [0.1, 0.15) is 122 Å². The molecule has 3 fully saturated rings. The number of sulfone groups is 1. The maximum absolute atomic E-state index is 16.0. The number of benzene rings is 2. The highest BCUT2D eigenvalue weighted by Crippen LogP contribution is 2.53. The zero-order chi connectivity index (χ0) is 39.4. The van der Waals surface area contributed by atoms with Crippen molar-refractivity contribution in [2.24, 2.45) is 0 Å². The molecule has 0 spiro atoms. The fourth-order valence-corrected chi connectivity index (χ4v) is 9.08. The smallest absolute Gasteiger partial charge is 0.408 e. The van der Waals surface area contributed by atoms with Crippen molar-refractivity contribution in [1.29, 1.82) is 0 Å². The minimum absolute atomic E-state index is 0.0734. The first-order valence-corrected chi connectivity index (χ1v) is 20.0. The number of amides is 3. The number of ether oxygens (including phenoxy) is 2. The first-order valence-electron chi connectivity index (χ1n) is 18.4. The van der Waals surface area contributed by atoms with Gasteiger partial charge in [-0.1, -0.05) is 38.1 Å². The van der Waals surface area contributed by atoms with E-state index in [2.05, 4.69) is 15.8 Å². The van der Waals surface area contributed by atoms with Gasteiger partial charge in [0.05, 0.1) is 34.5 Å². The molecule has 3 aliphatic carbocycles. The van der Waals surface area contributed by atoms with Crippen LogP contribution in [0.25, 0.3) is 0 Å². The predicted octanol–water partition coefficient (Wildman–Crippen LogP) is 6.28. The van der Waals surface area contributed by atoms with Gasteiger partial charge in [-0.3, -0.25) is 9.59 Å². The summed E-state index contributed by atoms with van der Waals surface area (Å²) in [4.78, 5) is 46.5. The van der Waals surface area contributed by atoms with Crippen molar-refractivity contribution in [3.63, 3.8) is 0 Å². The van der Waals surface area contributed by atoms with Crippen LogP contribution in [0.4, 0.5) is 14.9 Å². The summed E-state index contributed by atoms with van der Waals surface area (Å²) in [6.45, 7) is 14.6. The summed E-state index contributed by atoms with van der Waals surface area (Å²) in [5, 5.41) is 9.83. The van der Waals surface area contributed by atoms with Crippen molar-refractivity contribution in [3.05, 3.63) is 65.1 Å². The van der Waals surface area contributed by atoms with Crippen LogP contribution >= 0.6 is 0 Å². The van der Waals surface area contributed by atoms with Crippen molar-refractivity contribution >= 4 is 33.4 Å². The molecule has 3 aromatic rings. The number of anilines is 1. The number of carbonyl (C=O) groups excluding carboxylic acids is 3. The third-order valence-corrected chi connectivity index (χ3v) is 12.1. The van der Waals surface area contributed by atoms with E-state index in [-0.39, 0.29) is 29.2 Å². The molecule has 54 heavy (non-hydrogen) atoms. The number of nitrogens with zero attached hydrogens (tertiary/aromatic N) is 3. The van der Waals surface area contributed by atoms with Crippen molar-refractivity contribution in [3.8, 4) is 5.75 Å². The number of fused-ring (bicyclic) bond motifs is 4. The number of halogens is 1. The van der Waals surface area contributed by atoms with Gasteiger partial charge >= 0.3 is 6.09 Å². The van der Waals surface area contributed by atoms with Gasteiger partial charge in [-0.15, -0.1) is 0 Å². The number of hydrogen-bond acceptors (Lipinski definition) is 10. The lowest BCUT2D eigenvalue weighted by molar-refractivity contribution is -0.120. The Bertz CT molecular complexity index is 2020. The van der Waals surface area contributed by atoms with Gasteiger partial charge in [-0.25, -0.2) is 17.6 Å². The first-order chi connectivity index (χ1) is 25.1. The molecule has 2 bridgehead atoms. The minimum Gasteiger partial charge on any atom is -0.491 e. The third-order valence-electron chi connectivity index (χ3n) is 10.4. The third kappa shape index (κ3) is 8.10. The van der Waals surface area contributed by atoms with E-state index in [1.54, 1.807) is 45.0 Å². The summed E-state index contributed by atoms with van der Waals surface area (Å²) in [7, 11) is -4.38. The molecular weight excluding hydrogens is 718 g/mol. The van der Waals surface area contributed by atoms with Crippen molar-refractivity contribution in [2.75, 3.05) is 10.7 Å². The maximum Gasteiger partial charge on any atom is 0.408 e. The molecular formula is C39H50FN5O8S. The number of hydrogen-bond donors (Lipinski definition) is 2. The van der Waals surface area contributed by atoms with Crippen LogP contribution in [-0.4, -0.2) is 65.5 Å². The quantitative estimate of drug-likeness (QED) is 0.266. The van der Waals surface area contributed by atoms with E-state index in [9.17, 15) is 22.8 Å². The maximum atomic E-state index is 16.0. The molecule has 2 N–H and O–H groups in total. The summed E-state index contributed by atoms with van der Waals surface area (Å²) in [6, 6.07) is 7.25. The van der Waals surface area contributed by atoms with Gasteiger partial charge in [0.25, 0.3) is 11.8 Å². The first kappa shape index (κ1) is 39.2. The van der Waals surface area contributed by atoms with E-state index < -0.39 is 67.0 Å². The zero-order valence-electron chi connectivity index (χ0n) is 32.2. The molecule has 1 atom stereocenters. The predicted molar refractivity (Wildman–Crippen MR) is 198 cm³/mol. The Balaban J connectivity index is 1.30. The molecule has 2 aromatic carbocycles. The van der Waals surface area contributed by atoms with Gasteiger partial charge in [0.15, 0.2) is 15.7 Å². The highest BCUT2D eigenvalue weighted by molar-refractivity contribution is 7.91. The van der Waals surface area contributed by atoms with Crippen molar-refractivity contribution < 1.29 is 41.2 Å². The molecule has 7 rings (SSSR count). The highest BCUT2D eigenvalue weighted by atomic mass is 32.2. The largest absolute Gasteiger partial charge is 0.491 e. The summed E-state index contributed by atoms with van der Waals surface area (Å²) in [5.74, 6) is -1.53. The molecule has 13 nitrogen and oxygen atoms in total. The summed E-state index contributed by atoms with van der Waals surface area (Å²) in [6.07, 6.45) is 2.88.